The van der Waals surface area contributed by atoms with Crippen LogP contribution in [0.3, 0.4) is 0 Å². The van der Waals surface area contributed by atoms with Crippen molar-refractivity contribution in [3.05, 3.63) is 23.8 Å². The summed E-state index contributed by atoms with van der Waals surface area (Å²) in [6, 6.07) is 4.69. The maximum absolute atomic E-state index is 11.8. The number of carbonyl (C=O) groups is 1. The highest BCUT2D eigenvalue weighted by atomic mass is 16.5. The minimum absolute atomic E-state index is 0.137. The van der Waals surface area contributed by atoms with Crippen LogP contribution in [0.15, 0.2) is 18.2 Å². The summed E-state index contributed by atoms with van der Waals surface area (Å²) in [5, 5.41) is 21.9. The van der Waals surface area contributed by atoms with Gasteiger partial charge in [0, 0.05) is 6.54 Å². The predicted molar refractivity (Wildman–Crippen MR) is 67.9 cm³/mol. The number of benzene rings is 1. The van der Waals surface area contributed by atoms with Gasteiger partial charge in [0.2, 0.25) is 0 Å². The summed E-state index contributed by atoms with van der Waals surface area (Å²) in [7, 11) is 1.42. The Labute approximate surface area is 106 Å². The van der Waals surface area contributed by atoms with Gasteiger partial charge in [-0.3, -0.25) is 4.79 Å². The fraction of sp³-hybridized carbons (Fsp3) is 0.462. The van der Waals surface area contributed by atoms with Crippen molar-refractivity contribution in [2.24, 2.45) is 0 Å². The zero-order valence-electron chi connectivity index (χ0n) is 10.6. The predicted octanol–water partition coefficient (Wildman–Crippen LogP) is 1.29. The third kappa shape index (κ3) is 3.63. The van der Waals surface area contributed by atoms with E-state index in [9.17, 15) is 15.0 Å². The Morgan fingerprint density at radius 2 is 2.22 bits per heavy atom. The first kappa shape index (κ1) is 14.3. The Hall–Kier alpha value is -1.75. The molecule has 0 fully saturated rings. The van der Waals surface area contributed by atoms with Crippen molar-refractivity contribution in [2.75, 3.05) is 13.7 Å². The Morgan fingerprint density at radius 3 is 2.83 bits per heavy atom. The van der Waals surface area contributed by atoms with Crippen molar-refractivity contribution in [1.82, 2.24) is 5.32 Å². The first-order valence-electron chi connectivity index (χ1n) is 5.92. The number of aliphatic hydroxyl groups excluding tert-OH is 1. The molecule has 0 aromatic heterocycles. The normalized spacial score (nSPS) is 11.9. The lowest BCUT2D eigenvalue weighted by Gasteiger charge is -2.12. The zero-order chi connectivity index (χ0) is 13.5. The fourth-order valence-electron chi connectivity index (χ4n) is 1.61. The number of rotatable bonds is 6. The number of hydrogen-bond donors (Lipinski definition) is 3. The van der Waals surface area contributed by atoms with Gasteiger partial charge in [-0.15, -0.1) is 0 Å². The minimum atomic E-state index is -0.563. The molecule has 1 unspecified atom stereocenters. The summed E-state index contributed by atoms with van der Waals surface area (Å²) in [5.74, 6) is -0.374. The third-order valence-electron chi connectivity index (χ3n) is 2.58. The molecule has 100 valence electrons. The number of methoxy groups -OCH3 is 1. The summed E-state index contributed by atoms with van der Waals surface area (Å²) >= 11 is 0. The molecule has 3 N–H and O–H groups in total. The lowest BCUT2D eigenvalue weighted by atomic mass is 10.1. The quantitative estimate of drug-likeness (QED) is 0.714. The molecule has 0 saturated carbocycles. The molecule has 1 aromatic carbocycles. The molecule has 1 atom stereocenters. The lowest BCUT2D eigenvalue weighted by molar-refractivity contribution is 0.0907. The van der Waals surface area contributed by atoms with E-state index in [1.54, 1.807) is 12.1 Å². The molecule has 0 spiro atoms. The third-order valence-corrected chi connectivity index (χ3v) is 2.58. The van der Waals surface area contributed by atoms with Gasteiger partial charge in [0.1, 0.15) is 0 Å². The average molecular weight is 253 g/mol. The van der Waals surface area contributed by atoms with E-state index in [1.807, 2.05) is 6.92 Å². The molecule has 0 heterocycles. The van der Waals surface area contributed by atoms with Crippen molar-refractivity contribution in [3.8, 4) is 11.5 Å². The smallest absolute Gasteiger partial charge is 0.255 e. The van der Waals surface area contributed by atoms with Crippen molar-refractivity contribution in [1.29, 1.82) is 0 Å². The molecule has 5 nitrogen and oxygen atoms in total. The van der Waals surface area contributed by atoms with Crippen molar-refractivity contribution in [3.63, 3.8) is 0 Å². The molecule has 1 aromatic rings. The Balaban J connectivity index is 2.67. The largest absolute Gasteiger partial charge is 0.504 e. The van der Waals surface area contributed by atoms with E-state index in [0.717, 1.165) is 6.42 Å². The summed E-state index contributed by atoms with van der Waals surface area (Å²) < 4.78 is 4.92. The maximum atomic E-state index is 11.8. The number of para-hydroxylation sites is 1. The number of nitrogens with one attached hydrogen (secondary N) is 1. The summed E-state index contributed by atoms with van der Waals surface area (Å²) in [5.41, 5.74) is 0.137. The molecule has 18 heavy (non-hydrogen) atoms. The highest BCUT2D eigenvalue weighted by Gasteiger charge is 2.15. The lowest BCUT2D eigenvalue weighted by Crippen LogP contribution is -2.32. The van der Waals surface area contributed by atoms with Gasteiger partial charge in [-0.1, -0.05) is 19.4 Å². The zero-order valence-corrected chi connectivity index (χ0v) is 10.6. The van der Waals surface area contributed by atoms with Gasteiger partial charge in [-0.25, -0.2) is 0 Å². The van der Waals surface area contributed by atoms with Gasteiger partial charge in [0.05, 0.1) is 18.8 Å². The van der Waals surface area contributed by atoms with Crippen molar-refractivity contribution < 1.29 is 19.7 Å². The molecule has 0 radical (unpaired) electrons. The molecule has 0 aliphatic heterocycles. The Kier molecular flexibility index (Phi) is 5.45. The molecule has 0 bridgehead atoms. The van der Waals surface area contributed by atoms with E-state index < -0.39 is 12.0 Å². The first-order chi connectivity index (χ1) is 8.60. The maximum Gasteiger partial charge on any atom is 0.255 e. The molecule has 0 aliphatic carbocycles. The van der Waals surface area contributed by atoms with Crippen LogP contribution < -0.4 is 10.1 Å². The topological polar surface area (TPSA) is 78.8 Å². The summed E-state index contributed by atoms with van der Waals surface area (Å²) in [6.45, 7) is 2.13. The average Bonchev–Trinajstić information content (AvgIpc) is 2.36. The highest BCUT2D eigenvalue weighted by Crippen LogP contribution is 2.29. The number of amides is 1. The van der Waals surface area contributed by atoms with Gasteiger partial charge < -0.3 is 20.3 Å². The van der Waals surface area contributed by atoms with Crippen LogP contribution in [0.25, 0.3) is 0 Å². The number of phenols is 1. The second-order valence-corrected chi connectivity index (χ2v) is 4.01. The van der Waals surface area contributed by atoms with Crippen LogP contribution >= 0.6 is 0 Å². The van der Waals surface area contributed by atoms with Crippen molar-refractivity contribution in [2.45, 2.75) is 25.9 Å². The Morgan fingerprint density at radius 1 is 1.50 bits per heavy atom. The first-order valence-corrected chi connectivity index (χ1v) is 5.92. The van der Waals surface area contributed by atoms with Gasteiger partial charge >= 0.3 is 0 Å². The van der Waals surface area contributed by atoms with Crippen LogP contribution in [0.5, 0.6) is 11.5 Å². The minimum Gasteiger partial charge on any atom is -0.504 e. The van der Waals surface area contributed by atoms with E-state index >= 15 is 0 Å². The van der Waals surface area contributed by atoms with Crippen LogP contribution in [-0.2, 0) is 0 Å². The highest BCUT2D eigenvalue weighted by molar-refractivity contribution is 5.97. The standard InChI is InChI=1S/C13H19NO4/c1-3-5-9(15)8-14-13(17)10-6-4-7-11(18-2)12(10)16/h4,6-7,9,15-16H,3,5,8H2,1-2H3,(H,14,17). The van der Waals surface area contributed by atoms with Crippen LogP contribution in [-0.4, -0.2) is 35.9 Å². The van der Waals surface area contributed by atoms with Crippen molar-refractivity contribution >= 4 is 5.91 Å². The number of ether oxygens (including phenoxy) is 1. The summed E-state index contributed by atoms with van der Waals surface area (Å²) in [6.07, 6.45) is 0.915. The van der Waals surface area contributed by atoms with Crippen LogP contribution in [0.2, 0.25) is 0 Å². The number of hydrogen-bond acceptors (Lipinski definition) is 4. The molecule has 0 aliphatic rings. The van der Waals surface area contributed by atoms with Crippen LogP contribution in [0.1, 0.15) is 30.1 Å². The monoisotopic (exact) mass is 253 g/mol. The van der Waals surface area contributed by atoms with Gasteiger partial charge in [-0.2, -0.15) is 0 Å². The molecule has 0 saturated heterocycles. The van der Waals surface area contributed by atoms with E-state index in [1.165, 1.54) is 13.2 Å². The second kappa shape index (κ2) is 6.86. The number of phenolic OH excluding ortho intramolecular Hbond substituents is 1. The van der Waals surface area contributed by atoms with Gasteiger partial charge in [0.25, 0.3) is 5.91 Å². The molecular formula is C13H19NO4. The fourth-order valence-corrected chi connectivity index (χ4v) is 1.61. The second-order valence-electron chi connectivity index (χ2n) is 4.01. The molecule has 1 rings (SSSR count). The van der Waals surface area contributed by atoms with Crippen LogP contribution in [0, 0.1) is 0 Å². The number of aromatic hydroxyl groups is 1. The summed E-state index contributed by atoms with van der Waals surface area (Å²) in [4.78, 5) is 11.8. The molecule has 1 amide bonds. The van der Waals surface area contributed by atoms with E-state index in [0.29, 0.717) is 6.42 Å². The van der Waals surface area contributed by atoms with Crippen LogP contribution in [0.4, 0.5) is 0 Å². The number of aliphatic hydroxyl groups is 1. The number of carbonyl (C=O) groups excluding carboxylic acids is 1. The van der Waals surface area contributed by atoms with E-state index in [-0.39, 0.29) is 23.6 Å². The van der Waals surface area contributed by atoms with Gasteiger partial charge in [-0.05, 0) is 18.6 Å². The van der Waals surface area contributed by atoms with E-state index in [4.69, 9.17) is 4.74 Å². The van der Waals surface area contributed by atoms with E-state index in [2.05, 4.69) is 5.32 Å². The van der Waals surface area contributed by atoms with Gasteiger partial charge in [0.15, 0.2) is 11.5 Å². The SMILES string of the molecule is CCCC(O)CNC(=O)c1cccc(OC)c1O. The Bertz CT molecular complexity index is 406. The molecular weight excluding hydrogens is 234 g/mol. The molecule has 5 heteroatoms.